The second kappa shape index (κ2) is 31.3. The van der Waals surface area contributed by atoms with Crippen LogP contribution >= 0.6 is 0 Å². The number of likely N-dealkylation sites (N-methyl/N-ethyl adjacent to an activating group) is 1. The number of para-hydroxylation sites is 1. The highest BCUT2D eigenvalue weighted by Crippen LogP contribution is 2.44. The first-order valence-corrected chi connectivity index (χ1v) is 20.3. The number of hydrogen-bond acceptors (Lipinski definition) is 13. The summed E-state index contributed by atoms with van der Waals surface area (Å²) in [6.45, 7) is 10.9. The summed E-state index contributed by atoms with van der Waals surface area (Å²) in [6.07, 6.45) is -0.365. The normalized spacial score (nSPS) is 12.1. The molecule has 3 aromatic rings. The van der Waals surface area contributed by atoms with Crippen LogP contribution in [-0.4, -0.2) is 170 Å². The van der Waals surface area contributed by atoms with Gasteiger partial charge in [-0.3, -0.25) is 0 Å². The molecule has 0 atom stereocenters. The van der Waals surface area contributed by atoms with Gasteiger partial charge in [0.15, 0.2) is 0 Å². The predicted octanol–water partition coefficient (Wildman–Crippen LogP) is 5.11. The van der Waals surface area contributed by atoms with Gasteiger partial charge in [0, 0.05) is 19.5 Å². The predicted molar refractivity (Wildman–Crippen MR) is 218 cm³/mol. The minimum Gasteiger partial charge on any atom is -0.491 e. The second-order valence-corrected chi connectivity index (χ2v) is 13.0. The van der Waals surface area contributed by atoms with E-state index in [1.807, 2.05) is 54.6 Å². The molecule has 14 heteroatoms. The summed E-state index contributed by atoms with van der Waals surface area (Å²) in [4.78, 5) is 14.2. The minimum absolute atomic E-state index is 0.0372. The van der Waals surface area contributed by atoms with Gasteiger partial charge in [-0.15, -0.1) is 0 Å². The summed E-state index contributed by atoms with van der Waals surface area (Å²) in [7, 11) is 1.71. The molecular weight excluding hydrogens is 750 g/mol. The monoisotopic (exact) mass is 813 g/mol. The Morgan fingerprint density at radius 2 is 0.759 bits per heavy atom. The van der Waals surface area contributed by atoms with E-state index in [2.05, 4.69) is 24.3 Å². The van der Waals surface area contributed by atoms with Crippen molar-refractivity contribution in [2.75, 3.05) is 159 Å². The van der Waals surface area contributed by atoms with Crippen LogP contribution in [0.2, 0.25) is 0 Å². The summed E-state index contributed by atoms with van der Waals surface area (Å²) in [5.41, 5.74) is 4.79. The van der Waals surface area contributed by atoms with Crippen molar-refractivity contribution in [2.24, 2.45) is 0 Å². The van der Waals surface area contributed by atoms with Gasteiger partial charge in [0.05, 0.1) is 132 Å². The number of rotatable bonds is 36. The molecule has 0 radical (unpaired) electrons. The standard InChI is InChI=1S/C44H63NO13/c1-45(44(46)58-37-43-41-13-7-5-11-39(41)40-12-6-8-14-42(40)43)15-16-47-17-18-48-19-20-49-21-22-50-23-24-51-25-26-52-27-28-53-29-30-54-31-32-55-33-34-56-35-36-57-38-9-3-2-4-10-38/h2-14,43H,15-37H2,1H3. The largest absolute Gasteiger partial charge is 0.491 e. The number of ether oxygens (including phenoxy) is 12. The molecule has 0 fully saturated rings. The molecule has 1 amide bonds. The number of carbonyl (C=O) groups excluding carboxylic acids is 1. The third-order valence-electron chi connectivity index (χ3n) is 8.81. The van der Waals surface area contributed by atoms with Crippen LogP contribution in [0.3, 0.4) is 0 Å². The summed E-state index contributed by atoms with van der Waals surface area (Å²) in [5, 5.41) is 0. The van der Waals surface area contributed by atoms with E-state index in [9.17, 15) is 4.79 Å². The maximum absolute atomic E-state index is 12.6. The van der Waals surface area contributed by atoms with Gasteiger partial charge in [0.25, 0.3) is 0 Å². The highest BCUT2D eigenvalue weighted by molar-refractivity contribution is 5.79. The molecule has 1 aliphatic carbocycles. The molecule has 0 spiro atoms. The molecule has 0 saturated heterocycles. The van der Waals surface area contributed by atoms with Gasteiger partial charge in [0.1, 0.15) is 19.0 Å². The number of nitrogens with zero attached hydrogens (tertiary/aromatic N) is 1. The van der Waals surface area contributed by atoms with Gasteiger partial charge in [-0.2, -0.15) is 0 Å². The zero-order valence-corrected chi connectivity index (χ0v) is 34.1. The summed E-state index contributed by atoms with van der Waals surface area (Å²) >= 11 is 0. The third kappa shape index (κ3) is 19.9. The van der Waals surface area contributed by atoms with E-state index in [1.165, 1.54) is 27.2 Å². The molecule has 322 valence electrons. The molecule has 0 unspecified atom stereocenters. The first kappa shape index (κ1) is 47.0. The first-order chi connectivity index (χ1) is 28.7. The molecule has 1 aliphatic rings. The molecular formula is C44H63NO13. The van der Waals surface area contributed by atoms with Crippen LogP contribution < -0.4 is 4.74 Å². The molecule has 58 heavy (non-hydrogen) atoms. The van der Waals surface area contributed by atoms with E-state index in [-0.39, 0.29) is 12.0 Å². The quantitative estimate of drug-likeness (QED) is 0.0722. The van der Waals surface area contributed by atoms with Crippen molar-refractivity contribution < 1.29 is 61.6 Å². The van der Waals surface area contributed by atoms with Gasteiger partial charge in [-0.05, 0) is 34.4 Å². The average molecular weight is 814 g/mol. The summed E-state index contributed by atoms with van der Waals surface area (Å²) < 4.78 is 66.5. The van der Waals surface area contributed by atoms with Crippen molar-refractivity contribution >= 4 is 6.09 Å². The zero-order valence-electron chi connectivity index (χ0n) is 34.1. The smallest absolute Gasteiger partial charge is 0.409 e. The molecule has 3 aromatic carbocycles. The minimum atomic E-state index is -0.365. The number of hydrogen-bond donors (Lipinski definition) is 0. The lowest BCUT2D eigenvalue weighted by atomic mass is 9.98. The van der Waals surface area contributed by atoms with Crippen LogP contribution in [0, 0.1) is 0 Å². The maximum atomic E-state index is 12.6. The Labute approximate surface area is 343 Å². The van der Waals surface area contributed by atoms with Crippen LogP contribution in [0.1, 0.15) is 17.0 Å². The molecule has 14 nitrogen and oxygen atoms in total. The second-order valence-electron chi connectivity index (χ2n) is 13.0. The Kier molecular flexibility index (Phi) is 25.4. The van der Waals surface area contributed by atoms with Gasteiger partial charge < -0.3 is 61.7 Å². The average Bonchev–Trinajstić information content (AvgIpc) is 3.58. The first-order valence-electron chi connectivity index (χ1n) is 20.3. The Balaban J connectivity index is 0.792. The summed E-state index contributed by atoms with van der Waals surface area (Å²) in [5.74, 6) is 0.877. The van der Waals surface area contributed by atoms with E-state index in [1.54, 1.807) is 7.05 Å². The van der Waals surface area contributed by atoms with Crippen molar-refractivity contribution in [2.45, 2.75) is 5.92 Å². The van der Waals surface area contributed by atoms with E-state index >= 15 is 0 Å². The van der Waals surface area contributed by atoms with Crippen molar-refractivity contribution in [1.29, 1.82) is 0 Å². The molecule has 0 N–H and O–H groups in total. The number of carbonyl (C=O) groups is 1. The fourth-order valence-corrected chi connectivity index (χ4v) is 5.81. The van der Waals surface area contributed by atoms with Gasteiger partial charge >= 0.3 is 6.09 Å². The van der Waals surface area contributed by atoms with E-state index < -0.39 is 0 Å². The SMILES string of the molecule is CN(CCOCCOCCOCCOCCOCCOCCOCCOCCOCCOCCOc1ccccc1)C(=O)OCC1c2ccccc2-c2ccccc21. The van der Waals surface area contributed by atoms with Crippen molar-refractivity contribution in [1.82, 2.24) is 4.90 Å². The van der Waals surface area contributed by atoms with Crippen LogP contribution in [0.25, 0.3) is 11.1 Å². The third-order valence-corrected chi connectivity index (χ3v) is 8.81. The molecule has 0 heterocycles. The lowest BCUT2D eigenvalue weighted by molar-refractivity contribution is -0.0268. The lowest BCUT2D eigenvalue weighted by Gasteiger charge is -2.19. The lowest BCUT2D eigenvalue weighted by Crippen LogP contribution is -2.32. The van der Waals surface area contributed by atoms with Crippen LogP contribution in [-0.2, 0) is 52.1 Å². The van der Waals surface area contributed by atoms with E-state index in [0.717, 1.165) is 5.75 Å². The number of fused-ring (bicyclic) bond motifs is 3. The van der Waals surface area contributed by atoms with Crippen LogP contribution in [0.15, 0.2) is 78.9 Å². The Morgan fingerprint density at radius 3 is 1.16 bits per heavy atom. The molecule has 4 rings (SSSR count). The Bertz CT molecular complexity index is 1420. The Hall–Kier alpha value is -3.67. The molecule has 0 aromatic heterocycles. The zero-order chi connectivity index (χ0) is 40.6. The fourth-order valence-electron chi connectivity index (χ4n) is 5.81. The van der Waals surface area contributed by atoms with E-state index in [4.69, 9.17) is 56.8 Å². The molecule has 0 bridgehead atoms. The van der Waals surface area contributed by atoms with Crippen LogP contribution in [0.4, 0.5) is 4.79 Å². The molecule has 0 aliphatic heterocycles. The Morgan fingerprint density at radius 1 is 0.431 bits per heavy atom. The van der Waals surface area contributed by atoms with Crippen molar-refractivity contribution in [3.63, 3.8) is 0 Å². The van der Waals surface area contributed by atoms with Crippen molar-refractivity contribution in [3.8, 4) is 16.9 Å². The number of amides is 1. The highest BCUT2D eigenvalue weighted by Gasteiger charge is 2.29. The number of benzene rings is 3. The fraction of sp³-hybridized carbons (Fsp3) is 0.568. The van der Waals surface area contributed by atoms with Gasteiger partial charge in [-0.25, -0.2) is 4.79 Å². The van der Waals surface area contributed by atoms with Gasteiger partial charge in [-0.1, -0.05) is 66.7 Å². The highest BCUT2D eigenvalue weighted by atomic mass is 16.6. The summed E-state index contributed by atoms with van der Waals surface area (Å²) in [6, 6.07) is 26.2. The van der Waals surface area contributed by atoms with Crippen LogP contribution in [0.5, 0.6) is 5.75 Å². The van der Waals surface area contributed by atoms with Crippen molar-refractivity contribution in [3.05, 3.63) is 90.0 Å². The topological polar surface area (TPSA) is 131 Å². The molecule has 0 saturated carbocycles. The van der Waals surface area contributed by atoms with Gasteiger partial charge in [0.2, 0.25) is 0 Å². The maximum Gasteiger partial charge on any atom is 0.409 e. The van der Waals surface area contributed by atoms with E-state index in [0.29, 0.717) is 152 Å².